The average Bonchev–Trinajstić information content (AvgIpc) is 2.81. The first-order chi connectivity index (χ1) is 16.4. The van der Waals surface area contributed by atoms with Crippen molar-refractivity contribution >= 4 is 46.9 Å². The van der Waals surface area contributed by atoms with Gasteiger partial charge in [0.1, 0.15) is 12.4 Å². The minimum atomic E-state index is -0.946. The van der Waals surface area contributed by atoms with Crippen molar-refractivity contribution in [3.8, 4) is 11.5 Å². The second-order valence-corrected chi connectivity index (χ2v) is 7.63. The van der Waals surface area contributed by atoms with Crippen LogP contribution >= 0.6 is 23.2 Å². The highest BCUT2D eigenvalue weighted by atomic mass is 35.5. The van der Waals surface area contributed by atoms with Crippen molar-refractivity contribution < 1.29 is 23.5 Å². The number of nitrogens with one attached hydrogen (secondary N) is 2. The SMILES string of the molecule is CCOc1cc(/C=N/NC(=O)C(=O)Nc2ccc(Cl)cc2)ccc1OCc1c(F)cccc1Cl. The van der Waals surface area contributed by atoms with E-state index >= 15 is 0 Å². The minimum absolute atomic E-state index is 0.0855. The van der Waals surface area contributed by atoms with E-state index in [1.165, 1.54) is 18.3 Å². The molecular formula is C24H20Cl2FN3O4. The van der Waals surface area contributed by atoms with Crippen LogP contribution in [0.2, 0.25) is 10.0 Å². The summed E-state index contributed by atoms with van der Waals surface area (Å²) in [5, 5.41) is 6.99. The van der Waals surface area contributed by atoms with Gasteiger partial charge in [-0.2, -0.15) is 5.10 Å². The molecule has 2 N–H and O–H groups in total. The Morgan fingerprint density at radius 2 is 1.76 bits per heavy atom. The highest BCUT2D eigenvalue weighted by Crippen LogP contribution is 2.30. The second-order valence-electron chi connectivity index (χ2n) is 6.79. The van der Waals surface area contributed by atoms with E-state index in [0.29, 0.717) is 34.4 Å². The monoisotopic (exact) mass is 503 g/mol. The standard InChI is InChI=1S/C24H20Cl2FN3O4/c1-2-33-22-12-15(6-11-21(22)34-14-18-19(26)4-3-5-20(18)27)13-28-30-24(32)23(31)29-17-9-7-16(25)8-10-17/h3-13H,2,14H2,1H3,(H,29,31)(H,30,32)/b28-13+. The zero-order valence-corrected chi connectivity index (χ0v) is 19.5. The molecule has 2 amide bonds. The van der Waals surface area contributed by atoms with Gasteiger partial charge in [-0.05, 0) is 67.1 Å². The third-order valence-electron chi connectivity index (χ3n) is 4.39. The largest absolute Gasteiger partial charge is 0.490 e. The minimum Gasteiger partial charge on any atom is -0.490 e. The summed E-state index contributed by atoms with van der Waals surface area (Å²) in [7, 11) is 0. The van der Waals surface area contributed by atoms with Crippen LogP contribution < -0.4 is 20.2 Å². The Morgan fingerprint density at radius 1 is 1.00 bits per heavy atom. The van der Waals surface area contributed by atoms with Gasteiger partial charge in [-0.15, -0.1) is 0 Å². The van der Waals surface area contributed by atoms with Crippen LogP contribution in [0.15, 0.2) is 65.8 Å². The molecular weight excluding hydrogens is 484 g/mol. The summed E-state index contributed by atoms with van der Waals surface area (Å²) in [5.41, 5.74) is 3.37. The lowest BCUT2D eigenvalue weighted by atomic mass is 10.2. The van der Waals surface area contributed by atoms with Gasteiger partial charge in [0.2, 0.25) is 0 Å². The predicted octanol–water partition coefficient (Wildman–Crippen LogP) is 5.20. The fraction of sp³-hybridized carbons (Fsp3) is 0.125. The maximum atomic E-state index is 14.0. The lowest BCUT2D eigenvalue weighted by Crippen LogP contribution is -2.32. The van der Waals surface area contributed by atoms with Crippen LogP contribution in [0.1, 0.15) is 18.1 Å². The van der Waals surface area contributed by atoms with E-state index in [2.05, 4.69) is 15.8 Å². The first-order valence-corrected chi connectivity index (χ1v) is 10.9. The molecule has 0 saturated heterocycles. The van der Waals surface area contributed by atoms with Crippen LogP contribution in [0.3, 0.4) is 0 Å². The molecule has 0 saturated carbocycles. The molecule has 3 rings (SSSR count). The first kappa shape index (κ1) is 25.0. The van der Waals surface area contributed by atoms with Crippen molar-refractivity contribution in [2.75, 3.05) is 11.9 Å². The van der Waals surface area contributed by atoms with Gasteiger partial charge in [0, 0.05) is 16.3 Å². The van der Waals surface area contributed by atoms with Crippen molar-refractivity contribution in [2.45, 2.75) is 13.5 Å². The van der Waals surface area contributed by atoms with Gasteiger partial charge >= 0.3 is 11.8 Å². The van der Waals surface area contributed by atoms with E-state index in [1.807, 2.05) is 0 Å². The molecule has 0 aromatic heterocycles. The molecule has 0 atom stereocenters. The number of halogens is 3. The summed E-state index contributed by atoms with van der Waals surface area (Å²) in [6.07, 6.45) is 1.34. The van der Waals surface area contributed by atoms with E-state index in [-0.39, 0.29) is 17.2 Å². The normalized spacial score (nSPS) is 10.7. The molecule has 0 aliphatic rings. The Bertz CT molecular complexity index is 1180. The lowest BCUT2D eigenvalue weighted by Gasteiger charge is -2.13. The number of amides is 2. The number of hydrazone groups is 1. The molecule has 0 aliphatic heterocycles. The molecule has 0 aliphatic carbocycles. The van der Waals surface area contributed by atoms with Crippen LogP contribution in [0, 0.1) is 5.82 Å². The molecule has 0 unspecified atom stereocenters. The number of hydrogen-bond acceptors (Lipinski definition) is 5. The summed E-state index contributed by atoms with van der Waals surface area (Å²) in [5.74, 6) is -1.52. The molecule has 0 bridgehead atoms. The quantitative estimate of drug-likeness (QED) is 0.251. The molecule has 10 heteroatoms. The Labute approximate surface area is 205 Å². The van der Waals surface area contributed by atoms with Crippen LogP contribution in [0.5, 0.6) is 11.5 Å². The summed E-state index contributed by atoms with van der Waals surface area (Å²) in [4.78, 5) is 23.9. The smallest absolute Gasteiger partial charge is 0.329 e. The van der Waals surface area contributed by atoms with Gasteiger partial charge in [0.15, 0.2) is 11.5 Å². The average molecular weight is 504 g/mol. The van der Waals surface area contributed by atoms with Crippen LogP contribution in [0.4, 0.5) is 10.1 Å². The van der Waals surface area contributed by atoms with Crippen molar-refractivity contribution in [2.24, 2.45) is 5.10 Å². The van der Waals surface area contributed by atoms with E-state index < -0.39 is 17.6 Å². The number of benzene rings is 3. The van der Waals surface area contributed by atoms with E-state index in [0.717, 1.165) is 0 Å². The molecule has 7 nitrogen and oxygen atoms in total. The molecule has 0 fully saturated rings. The lowest BCUT2D eigenvalue weighted by molar-refractivity contribution is -0.136. The van der Waals surface area contributed by atoms with Crippen LogP contribution in [0.25, 0.3) is 0 Å². The number of anilines is 1. The van der Waals surface area contributed by atoms with E-state index in [1.54, 1.807) is 55.5 Å². The molecule has 0 spiro atoms. The van der Waals surface area contributed by atoms with Gasteiger partial charge < -0.3 is 14.8 Å². The van der Waals surface area contributed by atoms with E-state index in [9.17, 15) is 14.0 Å². The third kappa shape index (κ3) is 6.94. The Hall–Kier alpha value is -3.62. The number of carbonyl (C=O) groups is 2. The fourth-order valence-corrected chi connectivity index (χ4v) is 3.09. The zero-order chi connectivity index (χ0) is 24.5. The van der Waals surface area contributed by atoms with Crippen LogP contribution in [-0.4, -0.2) is 24.6 Å². The number of nitrogens with zero attached hydrogens (tertiary/aromatic N) is 1. The number of rotatable bonds is 8. The second kappa shape index (κ2) is 12.0. The molecule has 34 heavy (non-hydrogen) atoms. The summed E-state index contributed by atoms with van der Waals surface area (Å²) < 4.78 is 25.3. The van der Waals surface area contributed by atoms with E-state index in [4.69, 9.17) is 32.7 Å². The van der Waals surface area contributed by atoms with Gasteiger partial charge in [-0.3, -0.25) is 9.59 Å². The summed E-state index contributed by atoms with van der Waals surface area (Å²) in [6, 6.07) is 15.6. The van der Waals surface area contributed by atoms with Crippen LogP contribution in [-0.2, 0) is 16.2 Å². The fourth-order valence-electron chi connectivity index (χ4n) is 2.75. The molecule has 3 aromatic rings. The maximum absolute atomic E-state index is 14.0. The van der Waals surface area contributed by atoms with Gasteiger partial charge in [-0.1, -0.05) is 29.3 Å². The Kier molecular flexibility index (Phi) is 8.84. The predicted molar refractivity (Wildman–Crippen MR) is 129 cm³/mol. The van der Waals surface area contributed by atoms with Crippen molar-refractivity contribution in [3.05, 3.63) is 87.7 Å². The Morgan fingerprint density at radius 3 is 2.47 bits per heavy atom. The topological polar surface area (TPSA) is 89.0 Å². The number of carbonyl (C=O) groups excluding carboxylic acids is 2. The van der Waals surface area contributed by atoms with Crippen molar-refractivity contribution in [1.82, 2.24) is 5.43 Å². The van der Waals surface area contributed by atoms with Gasteiger partial charge in [0.05, 0.1) is 17.8 Å². The molecule has 176 valence electrons. The summed E-state index contributed by atoms with van der Waals surface area (Å²) in [6.45, 7) is 2.08. The zero-order valence-electron chi connectivity index (χ0n) is 18.0. The molecule has 3 aromatic carbocycles. The highest BCUT2D eigenvalue weighted by molar-refractivity contribution is 6.39. The summed E-state index contributed by atoms with van der Waals surface area (Å²) >= 11 is 11.8. The maximum Gasteiger partial charge on any atom is 0.329 e. The van der Waals surface area contributed by atoms with Crippen molar-refractivity contribution in [1.29, 1.82) is 0 Å². The van der Waals surface area contributed by atoms with Gasteiger partial charge in [0.25, 0.3) is 0 Å². The first-order valence-electron chi connectivity index (χ1n) is 10.1. The van der Waals surface area contributed by atoms with Gasteiger partial charge in [-0.25, -0.2) is 9.82 Å². The van der Waals surface area contributed by atoms with Crippen molar-refractivity contribution in [3.63, 3.8) is 0 Å². The number of hydrogen-bond donors (Lipinski definition) is 2. The third-order valence-corrected chi connectivity index (χ3v) is 5.00. The number of ether oxygens (including phenoxy) is 2. The molecule has 0 heterocycles. The molecule has 0 radical (unpaired) electrons. The highest BCUT2D eigenvalue weighted by Gasteiger charge is 2.13. The Balaban J connectivity index is 1.61.